The molecule has 0 spiro atoms. The predicted octanol–water partition coefficient (Wildman–Crippen LogP) is 2.46. The van der Waals surface area contributed by atoms with Crippen molar-refractivity contribution in [3.8, 4) is 11.5 Å². The summed E-state index contributed by atoms with van der Waals surface area (Å²) in [6, 6.07) is 9.49. The Balaban J connectivity index is 1.83. The Bertz CT molecular complexity index is 585. The summed E-state index contributed by atoms with van der Waals surface area (Å²) in [5, 5.41) is 6.78. The SMILES string of the molecule is COc1ccc(CNC(=S)NCc2ccco2)cc1OC. The van der Waals surface area contributed by atoms with Crippen LogP contribution in [0, 0.1) is 0 Å². The second kappa shape index (κ2) is 7.54. The number of benzene rings is 1. The summed E-state index contributed by atoms with van der Waals surface area (Å²) in [5.74, 6) is 2.25. The highest BCUT2D eigenvalue weighted by Gasteiger charge is 2.05. The van der Waals surface area contributed by atoms with E-state index in [4.69, 9.17) is 26.1 Å². The summed E-state index contributed by atoms with van der Waals surface area (Å²) in [7, 11) is 3.23. The molecule has 0 bridgehead atoms. The Kier molecular flexibility index (Phi) is 5.45. The van der Waals surface area contributed by atoms with Gasteiger partial charge in [-0.15, -0.1) is 0 Å². The Morgan fingerprint density at radius 3 is 2.52 bits per heavy atom. The predicted molar refractivity (Wildman–Crippen MR) is 84.5 cm³/mol. The average molecular weight is 306 g/mol. The second-order valence-corrected chi connectivity index (χ2v) is 4.71. The standard InChI is InChI=1S/C15H18N2O3S/c1-18-13-6-5-11(8-14(13)19-2)9-16-15(21)17-10-12-4-3-7-20-12/h3-8H,9-10H2,1-2H3,(H2,16,17,21). The lowest BCUT2D eigenvalue weighted by molar-refractivity contribution is 0.354. The summed E-state index contributed by atoms with van der Waals surface area (Å²) in [6.45, 7) is 1.16. The first-order chi connectivity index (χ1) is 10.2. The molecule has 0 unspecified atom stereocenters. The lowest BCUT2D eigenvalue weighted by atomic mass is 10.2. The molecule has 21 heavy (non-hydrogen) atoms. The zero-order chi connectivity index (χ0) is 15.1. The molecule has 0 fully saturated rings. The number of furan rings is 1. The third-order valence-corrected chi connectivity index (χ3v) is 3.19. The van der Waals surface area contributed by atoms with Crippen LogP contribution in [0.25, 0.3) is 0 Å². The number of methoxy groups -OCH3 is 2. The van der Waals surface area contributed by atoms with E-state index in [9.17, 15) is 0 Å². The first-order valence-electron chi connectivity index (χ1n) is 6.48. The molecule has 1 heterocycles. The van der Waals surface area contributed by atoms with Crippen molar-refractivity contribution in [1.82, 2.24) is 10.6 Å². The van der Waals surface area contributed by atoms with E-state index in [1.807, 2.05) is 30.3 Å². The fourth-order valence-electron chi connectivity index (χ4n) is 1.82. The van der Waals surface area contributed by atoms with Crippen LogP contribution in [0.1, 0.15) is 11.3 Å². The van der Waals surface area contributed by atoms with Crippen LogP contribution in [0.15, 0.2) is 41.0 Å². The number of hydrogen-bond donors (Lipinski definition) is 2. The molecule has 0 amide bonds. The van der Waals surface area contributed by atoms with Gasteiger partial charge in [0.15, 0.2) is 16.6 Å². The lowest BCUT2D eigenvalue weighted by Crippen LogP contribution is -2.34. The largest absolute Gasteiger partial charge is 0.493 e. The Labute approximate surface area is 129 Å². The molecule has 5 nitrogen and oxygen atoms in total. The summed E-state index contributed by atoms with van der Waals surface area (Å²) >= 11 is 5.22. The summed E-state index contributed by atoms with van der Waals surface area (Å²) in [5.41, 5.74) is 1.05. The van der Waals surface area contributed by atoms with Gasteiger partial charge in [-0.1, -0.05) is 6.07 Å². The first kappa shape index (κ1) is 15.2. The maximum Gasteiger partial charge on any atom is 0.166 e. The minimum atomic E-state index is 0.560. The van der Waals surface area contributed by atoms with E-state index in [0.29, 0.717) is 29.7 Å². The van der Waals surface area contributed by atoms with Crippen LogP contribution in [0.5, 0.6) is 11.5 Å². The monoisotopic (exact) mass is 306 g/mol. The van der Waals surface area contributed by atoms with Gasteiger partial charge in [-0.3, -0.25) is 0 Å². The highest BCUT2D eigenvalue weighted by molar-refractivity contribution is 7.80. The fraction of sp³-hybridized carbons (Fsp3) is 0.267. The molecule has 1 aromatic carbocycles. The van der Waals surface area contributed by atoms with Crippen molar-refractivity contribution in [3.63, 3.8) is 0 Å². The highest BCUT2D eigenvalue weighted by Crippen LogP contribution is 2.27. The minimum absolute atomic E-state index is 0.560. The van der Waals surface area contributed by atoms with Gasteiger partial charge in [-0.2, -0.15) is 0 Å². The molecule has 0 atom stereocenters. The molecular formula is C15H18N2O3S. The summed E-state index contributed by atoms with van der Waals surface area (Å²) < 4.78 is 15.7. The van der Waals surface area contributed by atoms with Gasteiger partial charge in [0.1, 0.15) is 5.76 Å². The van der Waals surface area contributed by atoms with Gasteiger partial charge >= 0.3 is 0 Å². The summed E-state index contributed by atoms with van der Waals surface area (Å²) in [6.07, 6.45) is 1.64. The number of rotatable bonds is 6. The van der Waals surface area contributed by atoms with Gasteiger partial charge in [0, 0.05) is 6.54 Å². The van der Waals surface area contributed by atoms with Crippen LogP contribution in [-0.4, -0.2) is 19.3 Å². The van der Waals surface area contributed by atoms with Gasteiger partial charge in [0.2, 0.25) is 0 Å². The first-order valence-corrected chi connectivity index (χ1v) is 6.88. The Morgan fingerprint density at radius 1 is 1.10 bits per heavy atom. The van der Waals surface area contributed by atoms with Crippen molar-refractivity contribution in [1.29, 1.82) is 0 Å². The van der Waals surface area contributed by atoms with Crippen molar-refractivity contribution in [3.05, 3.63) is 47.9 Å². The van der Waals surface area contributed by atoms with Gasteiger partial charge in [-0.25, -0.2) is 0 Å². The van der Waals surface area contributed by atoms with Crippen LogP contribution >= 0.6 is 12.2 Å². The third-order valence-electron chi connectivity index (χ3n) is 2.90. The minimum Gasteiger partial charge on any atom is -0.493 e. The molecule has 0 aliphatic heterocycles. The lowest BCUT2D eigenvalue weighted by Gasteiger charge is -2.12. The summed E-state index contributed by atoms with van der Waals surface area (Å²) in [4.78, 5) is 0. The number of ether oxygens (including phenoxy) is 2. The van der Waals surface area contributed by atoms with Crippen LogP contribution in [0.4, 0.5) is 0 Å². The zero-order valence-electron chi connectivity index (χ0n) is 12.0. The molecule has 0 aliphatic rings. The second-order valence-electron chi connectivity index (χ2n) is 4.30. The third kappa shape index (κ3) is 4.39. The number of thiocarbonyl (C=S) groups is 1. The molecule has 1 aromatic heterocycles. The molecule has 0 radical (unpaired) electrons. The van der Waals surface area contributed by atoms with Gasteiger partial charge in [0.05, 0.1) is 27.0 Å². The van der Waals surface area contributed by atoms with Crippen molar-refractivity contribution in [2.24, 2.45) is 0 Å². The molecule has 2 rings (SSSR count). The molecule has 6 heteroatoms. The van der Waals surface area contributed by atoms with Crippen LogP contribution in [0.2, 0.25) is 0 Å². The Morgan fingerprint density at radius 2 is 1.86 bits per heavy atom. The zero-order valence-corrected chi connectivity index (χ0v) is 12.8. The molecule has 0 aliphatic carbocycles. The van der Waals surface area contributed by atoms with Crippen LogP contribution in [-0.2, 0) is 13.1 Å². The van der Waals surface area contributed by atoms with Crippen molar-refractivity contribution in [2.45, 2.75) is 13.1 Å². The van der Waals surface area contributed by atoms with Crippen LogP contribution in [0.3, 0.4) is 0 Å². The van der Waals surface area contributed by atoms with Crippen LogP contribution < -0.4 is 20.1 Å². The van der Waals surface area contributed by atoms with Crippen molar-refractivity contribution >= 4 is 17.3 Å². The van der Waals surface area contributed by atoms with Crippen molar-refractivity contribution < 1.29 is 13.9 Å². The highest BCUT2D eigenvalue weighted by atomic mass is 32.1. The van der Waals surface area contributed by atoms with E-state index in [-0.39, 0.29) is 0 Å². The van der Waals surface area contributed by atoms with E-state index in [0.717, 1.165) is 11.3 Å². The number of nitrogens with one attached hydrogen (secondary N) is 2. The van der Waals surface area contributed by atoms with Crippen molar-refractivity contribution in [2.75, 3.05) is 14.2 Å². The van der Waals surface area contributed by atoms with Gasteiger partial charge in [0.25, 0.3) is 0 Å². The topological polar surface area (TPSA) is 55.7 Å². The van der Waals surface area contributed by atoms with E-state index in [1.165, 1.54) is 0 Å². The molecule has 2 N–H and O–H groups in total. The molecule has 2 aromatic rings. The molecule has 112 valence electrons. The van der Waals surface area contributed by atoms with Gasteiger partial charge < -0.3 is 24.5 Å². The molecule has 0 saturated heterocycles. The van der Waals surface area contributed by atoms with E-state index < -0.39 is 0 Å². The quantitative estimate of drug-likeness (QED) is 0.800. The Hall–Kier alpha value is -2.21. The fourth-order valence-corrected chi connectivity index (χ4v) is 1.96. The maximum atomic E-state index is 5.27. The van der Waals surface area contributed by atoms with Gasteiger partial charge in [-0.05, 0) is 42.0 Å². The van der Waals surface area contributed by atoms with E-state index in [2.05, 4.69) is 10.6 Å². The maximum absolute atomic E-state index is 5.27. The van der Waals surface area contributed by atoms with E-state index >= 15 is 0 Å². The smallest absolute Gasteiger partial charge is 0.166 e. The molecule has 0 saturated carbocycles. The normalized spacial score (nSPS) is 10.0. The average Bonchev–Trinajstić information content (AvgIpc) is 3.04. The number of hydrogen-bond acceptors (Lipinski definition) is 4. The van der Waals surface area contributed by atoms with E-state index in [1.54, 1.807) is 20.5 Å². The molecular weight excluding hydrogens is 288 g/mol.